The van der Waals surface area contributed by atoms with Gasteiger partial charge in [-0.15, -0.1) is 0 Å². The predicted octanol–water partition coefficient (Wildman–Crippen LogP) is 4.69. The van der Waals surface area contributed by atoms with Crippen molar-refractivity contribution in [2.75, 3.05) is 12.8 Å². The first-order valence-corrected chi connectivity index (χ1v) is 8.60. The van der Waals surface area contributed by atoms with Crippen LogP contribution < -0.4 is 10.5 Å². The highest BCUT2D eigenvalue weighted by molar-refractivity contribution is 6.35. The van der Waals surface area contributed by atoms with Crippen molar-refractivity contribution in [2.45, 2.75) is 12.3 Å². The molecule has 0 saturated heterocycles. The lowest BCUT2D eigenvalue weighted by molar-refractivity contribution is 0.414. The van der Waals surface area contributed by atoms with Gasteiger partial charge in [0, 0.05) is 29.2 Å². The summed E-state index contributed by atoms with van der Waals surface area (Å²) >= 11 is 12.4. The quantitative estimate of drug-likeness (QED) is 0.703. The highest BCUT2D eigenvalue weighted by atomic mass is 35.5. The van der Waals surface area contributed by atoms with Gasteiger partial charge in [0.15, 0.2) is 5.95 Å². The summed E-state index contributed by atoms with van der Waals surface area (Å²) in [7, 11) is 3.53. The van der Waals surface area contributed by atoms with E-state index in [4.69, 9.17) is 33.7 Å². The summed E-state index contributed by atoms with van der Waals surface area (Å²) in [6.07, 6.45) is 2.65. The normalized spacial score (nSPS) is 12.2. The van der Waals surface area contributed by atoms with Crippen LogP contribution in [0.3, 0.4) is 0 Å². The second-order valence-electron chi connectivity index (χ2n) is 5.90. The standard InChI is InChI=1S/C19H19Cl2N3O/c1-24-11-18(23-19(24)22)16(12-4-7-15(25-2)8-5-12)9-13-3-6-14(20)10-17(13)21/h3-8,10-11,16H,9H2,1-2H3,(H2,22,23). The first-order valence-electron chi connectivity index (χ1n) is 7.84. The summed E-state index contributed by atoms with van der Waals surface area (Å²) < 4.78 is 7.07. The van der Waals surface area contributed by atoms with Crippen LogP contribution in [0.2, 0.25) is 10.0 Å². The number of aromatic nitrogens is 2. The minimum Gasteiger partial charge on any atom is -0.497 e. The van der Waals surface area contributed by atoms with Crippen LogP contribution in [0.1, 0.15) is 22.7 Å². The number of anilines is 1. The van der Waals surface area contributed by atoms with Crippen molar-refractivity contribution in [3.05, 3.63) is 75.5 Å². The van der Waals surface area contributed by atoms with E-state index in [1.165, 1.54) is 0 Å². The first kappa shape index (κ1) is 17.6. The second kappa shape index (κ2) is 7.38. The molecular weight excluding hydrogens is 357 g/mol. The van der Waals surface area contributed by atoms with Crippen LogP contribution in [-0.2, 0) is 13.5 Å². The lowest BCUT2D eigenvalue weighted by Gasteiger charge is -2.17. The summed E-state index contributed by atoms with van der Waals surface area (Å²) in [6.45, 7) is 0. The van der Waals surface area contributed by atoms with Crippen LogP contribution in [0.25, 0.3) is 0 Å². The molecule has 1 unspecified atom stereocenters. The van der Waals surface area contributed by atoms with E-state index in [1.54, 1.807) is 13.2 Å². The summed E-state index contributed by atoms with van der Waals surface area (Å²) in [6, 6.07) is 13.5. The molecule has 4 nitrogen and oxygen atoms in total. The monoisotopic (exact) mass is 375 g/mol. The van der Waals surface area contributed by atoms with Gasteiger partial charge in [-0.25, -0.2) is 4.98 Å². The number of aryl methyl sites for hydroxylation is 1. The average Bonchev–Trinajstić information content (AvgIpc) is 2.93. The summed E-state index contributed by atoms with van der Waals surface area (Å²) in [5, 5.41) is 1.27. The number of hydrogen-bond donors (Lipinski definition) is 1. The molecule has 0 spiro atoms. The van der Waals surface area contributed by atoms with Gasteiger partial charge >= 0.3 is 0 Å². The third kappa shape index (κ3) is 3.91. The van der Waals surface area contributed by atoms with Gasteiger partial charge in [-0.05, 0) is 41.8 Å². The minimum absolute atomic E-state index is 0.0214. The van der Waals surface area contributed by atoms with Crippen LogP contribution >= 0.6 is 23.2 Å². The van der Waals surface area contributed by atoms with Crippen molar-refractivity contribution in [3.63, 3.8) is 0 Å². The summed E-state index contributed by atoms with van der Waals surface area (Å²) in [4.78, 5) is 4.51. The molecule has 0 radical (unpaired) electrons. The van der Waals surface area contributed by atoms with Crippen molar-refractivity contribution in [1.82, 2.24) is 9.55 Å². The molecule has 0 aliphatic heterocycles. The van der Waals surface area contributed by atoms with E-state index in [9.17, 15) is 0 Å². The van der Waals surface area contributed by atoms with Crippen LogP contribution in [0.5, 0.6) is 5.75 Å². The molecule has 1 heterocycles. The smallest absolute Gasteiger partial charge is 0.200 e. The zero-order valence-electron chi connectivity index (χ0n) is 14.0. The van der Waals surface area contributed by atoms with Gasteiger partial charge in [-0.3, -0.25) is 0 Å². The molecule has 2 aromatic carbocycles. The van der Waals surface area contributed by atoms with Crippen LogP contribution in [0.15, 0.2) is 48.7 Å². The third-order valence-electron chi connectivity index (χ3n) is 4.25. The SMILES string of the molecule is COc1ccc(C(Cc2ccc(Cl)cc2Cl)c2cn(C)c(N)n2)cc1. The fourth-order valence-electron chi connectivity index (χ4n) is 2.81. The average molecular weight is 376 g/mol. The molecule has 25 heavy (non-hydrogen) atoms. The van der Waals surface area contributed by atoms with Gasteiger partial charge in [0.1, 0.15) is 5.75 Å². The molecule has 0 fully saturated rings. The number of rotatable bonds is 5. The van der Waals surface area contributed by atoms with E-state index in [0.29, 0.717) is 22.4 Å². The Bertz CT molecular complexity index is 855. The Morgan fingerprint density at radius 1 is 1.16 bits per heavy atom. The Hall–Kier alpha value is -2.17. The number of nitrogen functional groups attached to an aromatic ring is 1. The van der Waals surface area contributed by atoms with E-state index in [0.717, 1.165) is 22.6 Å². The molecule has 0 saturated carbocycles. The maximum Gasteiger partial charge on any atom is 0.200 e. The fraction of sp³-hybridized carbons (Fsp3) is 0.211. The largest absolute Gasteiger partial charge is 0.497 e. The van der Waals surface area contributed by atoms with Crippen molar-refractivity contribution in [3.8, 4) is 5.75 Å². The highest BCUT2D eigenvalue weighted by Crippen LogP contribution is 2.32. The van der Waals surface area contributed by atoms with Crippen LogP contribution in [-0.4, -0.2) is 16.7 Å². The predicted molar refractivity (Wildman–Crippen MR) is 103 cm³/mol. The van der Waals surface area contributed by atoms with E-state index in [2.05, 4.69) is 4.98 Å². The number of methoxy groups -OCH3 is 1. The van der Waals surface area contributed by atoms with E-state index in [-0.39, 0.29) is 5.92 Å². The third-order valence-corrected chi connectivity index (χ3v) is 4.83. The Balaban J connectivity index is 2.01. The number of halogens is 2. The van der Waals surface area contributed by atoms with Crippen molar-refractivity contribution in [2.24, 2.45) is 7.05 Å². The second-order valence-corrected chi connectivity index (χ2v) is 6.74. The molecule has 0 aliphatic carbocycles. The molecule has 3 rings (SSSR count). The summed E-state index contributed by atoms with van der Waals surface area (Å²) in [5.41, 5.74) is 8.96. The lowest BCUT2D eigenvalue weighted by Crippen LogP contribution is -2.06. The zero-order chi connectivity index (χ0) is 18.0. The van der Waals surface area contributed by atoms with Gasteiger partial charge in [-0.2, -0.15) is 0 Å². The van der Waals surface area contributed by atoms with Gasteiger partial charge in [0.05, 0.1) is 12.8 Å². The molecule has 130 valence electrons. The number of benzene rings is 2. The molecule has 1 atom stereocenters. The Kier molecular flexibility index (Phi) is 5.21. The van der Waals surface area contributed by atoms with Crippen molar-refractivity contribution >= 4 is 29.2 Å². The van der Waals surface area contributed by atoms with Gasteiger partial charge < -0.3 is 15.0 Å². The lowest BCUT2D eigenvalue weighted by atomic mass is 9.89. The Morgan fingerprint density at radius 2 is 1.88 bits per heavy atom. The molecule has 3 aromatic rings. The maximum atomic E-state index is 6.38. The van der Waals surface area contributed by atoms with Gasteiger partial charge in [-0.1, -0.05) is 41.4 Å². The number of imidazole rings is 1. The zero-order valence-corrected chi connectivity index (χ0v) is 15.6. The van der Waals surface area contributed by atoms with Gasteiger partial charge in [0.2, 0.25) is 0 Å². The molecule has 2 N–H and O–H groups in total. The number of hydrogen-bond acceptors (Lipinski definition) is 3. The van der Waals surface area contributed by atoms with E-state index >= 15 is 0 Å². The molecular formula is C19H19Cl2N3O. The van der Waals surface area contributed by atoms with Crippen LogP contribution in [0.4, 0.5) is 5.95 Å². The van der Waals surface area contributed by atoms with Crippen molar-refractivity contribution < 1.29 is 4.74 Å². The first-order chi connectivity index (χ1) is 12.0. The highest BCUT2D eigenvalue weighted by Gasteiger charge is 2.20. The Labute approximate surface area is 157 Å². The number of nitrogens with two attached hydrogens (primary N) is 1. The van der Waals surface area contributed by atoms with Crippen LogP contribution in [0, 0.1) is 0 Å². The molecule has 1 aromatic heterocycles. The number of nitrogens with zero attached hydrogens (tertiary/aromatic N) is 2. The fourth-order valence-corrected chi connectivity index (χ4v) is 3.29. The number of ether oxygens (including phenoxy) is 1. The molecule has 0 aliphatic rings. The minimum atomic E-state index is 0.0214. The summed E-state index contributed by atoms with van der Waals surface area (Å²) in [5.74, 6) is 1.32. The molecule has 0 bridgehead atoms. The van der Waals surface area contributed by atoms with Crippen molar-refractivity contribution in [1.29, 1.82) is 0 Å². The molecule has 6 heteroatoms. The van der Waals surface area contributed by atoms with E-state index in [1.807, 2.05) is 54.2 Å². The topological polar surface area (TPSA) is 53.1 Å². The van der Waals surface area contributed by atoms with E-state index < -0.39 is 0 Å². The Morgan fingerprint density at radius 3 is 2.44 bits per heavy atom. The van der Waals surface area contributed by atoms with Gasteiger partial charge in [0.25, 0.3) is 0 Å². The molecule has 0 amide bonds. The maximum absolute atomic E-state index is 6.38.